The lowest BCUT2D eigenvalue weighted by atomic mass is 10.1. The van der Waals surface area contributed by atoms with E-state index in [1.807, 2.05) is 12.1 Å². The van der Waals surface area contributed by atoms with Crippen LogP contribution >= 0.6 is 0 Å². The molecule has 3 heteroatoms. The number of rotatable bonds is 2. The van der Waals surface area contributed by atoms with Crippen molar-refractivity contribution in [1.82, 2.24) is 4.98 Å². The summed E-state index contributed by atoms with van der Waals surface area (Å²) in [5, 5.41) is 0. The first-order chi connectivity index (χ1) is 7.31. The molecule has 0 atom stereocenters. The lowest BCUT2D eigenvalue weighted by molar-refractivity contribution is 0.629. The largest absolute Gasteiger partial charge is 0.326 e. The number of halogens is 1. The molecule has 15 heavy (non-hydrogen) atoms. The van der Waals surface area contributed by atoms with Gasteiger partial charge in [0, 0.05) is 30.1 Å². The summed E-state index contributed by atoms with van der Waals surface area (Å²) in [6.45, 7) is 0.351. The van der Waals surface area contributed by atoms with Crippen molar-refractivity contribution in [3.05, 3.63) is 54.1 Å². The zero-order valence-electron chi connectivity index (χ0n) is 8.15. The van der Waals surface area contributed by atoms with Crippen LogP contribution < -0.4 is 5.73 Å². The molecule has 0 aliphatic heterocycles. The molecule has 0 saturated heterocycles. The zero-order chi connectivity index (χ0) is 10.7. The van der Waals surface area contributed by atoms with E-state index in [1.54, 1.807) is 24.5 Å². The third-order valence-corrected chi connectivity index (χ3v) is 2.24. The second-order valence-corrected chi connectivity index (χ2v) is 3.26. The van der Waals surface area contributed by atoms with Crippen LogP contribution in [0.3, 0.4) is 0 Å². The Hall–Kier alpha value is -1.74. The van der Waals surface area contributed by atoms with Gasteiger partial charge in [0.25, 0.3) is 0 Å². The second-order valence-electron chi connectivity index (χ2n) is 3.26. The molecule has 2 N–H and O–H groups in total. The molecular weight excluding hydrogens is 191 g/mol. The van der Waals surface area contributed by atoms with Gasteiger partial charge in [-0.2, -0.15) is 0 Å². The normalized spacial score (nSPS) is 10.3. The minimum absolute atomic E-state index is 0.258. The van der Waals surface area contributed by atoms with Crippen LogP contribution in [0, 0.1) is 5.82 Å². The molecule has 2 rings (SSSR count). The molecule has 76 valence electrons. The molecule has 0 fully saturated rings. The maximum Gasteiger partial charge on any atom is 0.131 e. The number of hydrogen-bond acceptors (Lipinski definition) is 2. The van der Waals surface area contributed by atoms with Crippen LogP contribution in [0.2, 0.25) is 0 Å². The van der Waals surface area contributed by atoms with Crippen LogP contribution in [0.25, 0.3) is 11.1 Å². The standard InChI is InChI=1S/C12H11FN2/c13-12-6-9(7-14)3-4-11(12)10-2-1-5-15-8-10/h1-6,8H,7,14H2. The Labute approximate surface area is 87.6 Å². The van der Waals surface area contributed by atoms with Gasteiger partial charge in [-0.1, -0.05) is 18.2 Å². The summed E-state index contributed by atoms with van der Waals surface area (Å²) in [5.41, 5.74) is 7.55. The number of aromatic nitrogens is 1. The summed E-state index contributed by atoms with van der Waals surface area (Å²) in [5.74, 6) is -0.258. The van der Waals surface area contributed by atoms with Crippen molar-refractivity contribution in [3.63, 3.8) is 0 Å². The van der Waals surface area contributed by atoms with Crippen molar-refractivity contribution in [3.8, 4) is 11.1 Å². The van der Waals surface area contributed by atoms with Gasteiger partial charge in [-0.15, -0.1) is 0 Å². The molecule has 0 bridgehead atoms. The third-order valence-electron chi connectivity index (χ3n) is 2.24. The van der Waals surface area contributed by atoms with Gasteiger partial charge in [-0.05, 0) is 17.7 Å². The molecule has 0 amide bonds. The smallest absolute Gasteiger partial charge is 0.131 e. The first-order valence-corrected chi connectivity index (χ1v) is 4.70. The van der Waals surface area contributed by atoms with Crippen molar-refractivity contribution >= 4 is 0 Å². The van der Waals surface area contributed by atoms with Crippen LogP contribution in [-0.2, 0) is 6.54 Å². The zero-order valence-corrected chi connectivity index (χ0v) is 8.15. The monoisotopic (exact) mass is 202 g/mol. The summed E-state index contributed by atoms with van der Waals surface area (Å²) in [6.07, 6.45) is 3.30. The van der Waals surface area contributed by atoms with Gasteiger partial charge < -0.3 is 5.73 Å². The van der Waals surface area contributed by atoms with Crippen LogP contribution in [0.1, 0.15) is 5.56 Å². The maximum absolute atomic E-state index is 13.6. The molecule has 2 nitrogen and oxygen atoms in total. The second kappa shape index (κ2) is 4.19. The predicted octanol–water partition coefficient (Wildman–Crippen LogP) is 2.35. The minimum Gasteiger partial charge on any atom is -0.326 e. The fraction of sp³-hybridized carbons (Fsp3) is 0.0833. The molecule has 0 unspecified atom stereocenters. The summed E-state index contributed by atoms with van der Waals surface area (Å²) < 4.78 is 13.6. The minimum atomic E-state index is -0.258. The van der Waals surface area contributed by atoms with Crippen molar-refractivity contribution in [2.24, 2.45) is 5.73 Å². The molecule has 0 radical (unpaired) electrons. The van der Waals surface area contributed by atoms with E-state index in [1.165, 1.54) is 6.07 Å². The number of hydrogen-bond donors (Lipinski definition) is 1. The van der Waals surface area contributed by atoms with Crippen LogP contribution in [-0.4, -0.2) is 4.98 Å². The van der Waals surface area contributed by atoms with E-state index in [-0.39, 0.29) is 5.82 Å². The molecule has 1 aromatic carbocycles. The van der Waals surface area contributed by atoms with E-state index >= 15 is 0 Å². The van der Waals surface area contributed by atoms with Gasteiger partial charge in [0.2, 0.25) is 0 Å². The van der Waals surface area contributed by atoms with Crippen molar-refractivity contribution in [2.45, 2.75) is 6.54 Å². The Kier molecular flexibility index (Phi) is 2.74. The van der Waals surface area contributed by atoms with Gasteiger partial charge in [0.15, 0.2) is 0 Å². The quantitative estimate of drug-likeness (QED) is 0.811. The molecule has 0 aliphatic carbocycles. The summed E-state index contributed by atoms with van der Waals surface area (Å²) >= 11 is 0. The number of benzene rings is 1. The van der Waals surface area contributed by atoms with Crippen LogP contribution in [0.15, 0.2) is 42.7 Å². The highest BCUT2D eigenvalue weighted by Crippen LogP contribution is 2.22. The summed E-state index contributed by atoms with van der Waals surface area (Å²) in [7, 11) is 0. The first-order valence-electron chi connectivity index (χ1n) is 4.70. The molecule has 0 saturated carbocycles. The van der Waals surface area contributed by atoms with Crippen molar-refractivity contribution in [1.29, 1.82) is 0 Å². The predicted molar refractivity (Wildman–Crippen MR) is 57.5 cm³/mol. The maximum atomic E-state index is 13.6. The van der Waals surface area contributed by atoms with Gasteiger partial charge in [-0.25, -0.2) is 4.39 Å². The van der Waals surface area contributed by atoms with E-state index in [0.29, 0.717) is 12.1 Å². The average molecular weight is 202 g/mol. The van der Waals surface area contributed by atoms with Crippen LogP contribution in [0.5, 0.6) is 0 Å². The van der Waals surface area contributed by atoms with E-state index in [4.69, 9.17) is 5.73 Å². The Morgan fingerprint density at radius 1 is 1.27 bits per heavy atom. The van der Waals surface area contributed by atoms with E-state index in [0.717, 1.165) is 11.1 Å². The molecule has 2 aromatic rings. The number of nitrogens with two attached hydrogens (primary N) is 1. The van der Waals surface area contributed by atoms with Gasteiger partial charge >= 0.3 is 0 Å². The number of nitrogens with zero attached hydrogens (tertiary/aromatic N) is 1. The van der Waals surface area contributed by atoms with Crippen molar-refractivity contribution in [2.75, 3.05) is 0 Å². The van der Waals surface area contributed by atoms with Crippen LogP contribution in [0.4, 0.5) is 4.39 Å². The molecule has 0 aliphatic rings. The van der Waals surface area contributed by atoms with Gasteiger partial charge in [0.1, 0.15) is 5.82 Å². The summed E-state index contributed by atoms with van der Waals surface area (Å²) in [6, 6.07) is 8.63. The van der Waals surface area contributed by atoms with Crippen molar-refractivity contribution < 1.29 is 4.39 Å². The van der Waals surface area contributed by atoms with E-state index < -0.39 is 0 Å². The Bertz CT molecular complexity index is 454. The molecule has 1 aromatic heterocycles. The fourth-order valence-corrected chi connectivity index (χ4v) is 1.44. The highest BCUT2D eigenvalue weighted by atomic mass is 19.1. The van der Waals surface area contributed by atoms with E-state index in [2.05, 4.69) is 4.98 Å². The Balaban J connectivity index is 2.46. The molecule has 0 spiro atoms. The Morgan fingerprint density at radius 2 is 2.13 bits per heavy atom. The third kappa shape index (κ3) is 2.02. The van der Waals surface area contributed by atoms with E-state index in [9.17, 15) is 4.39 Å². The lowest BCUT2D eigenvalue weighted by Crippen LogP contribution is -1.97. The first kappa shape index (κ1) is 9.80. The Morgan fingerprint density at radius 3 is 2.73 bits per heavy atom. The van der Waals surface area contributed by atoms with Gasteiger partial charge in [-0.3, -0.25) is 4.98 Å². The average Bonchev–Trinajstić information content (AvgIpc) is 2.30. The topological polar surface area (TPSA) is 38.9 Å². The lowest BCUT2D eigenvalue weighted by Gasteiger charge is -2.04. The fourth-order valence-electron chi connectivity index (χ4n) is 1.44. The van der Waals surface area contributed by atoms with Gasteiger partial charge in [0.05, 0.1) is 0 Å². The molecular formula is C12H11FN2. The summed E-state index contributed by atoms with van der Waals surface area (Å²) in [4.78, 5) is 3.95. The highest BCUT2D eigenvalue weighted by Gasteiger charge is 2.04. The number of pyridine rings is 1. The molecule has 1 heterocycles. The highest BCUT2D eigenvalue weighted by molar-refractivity contribution is 5.63. The SMILES string of the molecule is NCc1ccc(-c2cccnc2)c(F)c1.